The fourth-order valence-electron chi connectivity index (χ4n) is 9.26. The Bertz CT molecular complexity index is 3520. The average molecular weight is 727 g/mol. The predicted molar refractivity (Wildman–Crippen MR) is 241 cm³/mol. The summed E-state index contributed by atoms with van der Waals surface area (Å²) >= 11 is 0. The second-order valence-electron chi connectivity index (χ2n) is 14.8. The van der Waals surface area contributed by atoms with Gasteiger partial charge in [-0.2, -0.15) is 0 Å². The van der Waals surface area contributed by atoms with E-state index in [4.69, 9.17) is 4.42 Å². The highest BCUT2D eigenvalue weighted by molar-refractivity contribution is 6.27. The smallest absolute Gasteiger partial charge is 0.145 e. The van der Waals surface area contributed by atoms with Gasteiger partial charge in [0.2, 0.25) is 0 Å². The molecule has 0 fully saturated rings. The van der Waals surface area contributed by atoms with Gasteiger partial charge in [-0.15, -0.1) is 0 Å². The number of benzene rings is 10. The minimum Gasteiger partial charge on any atom is -0.455 e. The molecular formula is C54H34N2O. The Hall–Kier alpha value is -7.62. The molecule has 0 saturated carbocycles. The van der Waals surface area contributed by atoms with E-state index in [2.05, 4.69) is 216 Å². The Labute approximate surface area is 328 Å². The third kappa shape index (κ3) is 4.79. The number of anilines is 3. The normalized spacial score (nSPS) is 11.9. The van der Waals surface area contributed by atoms with Crippen LogP contribution in [0.5, 0.6) is 0 Å². The lowest BCUT2D eigenvalue weighted by molar-refractivity contribution is 0.670. The Morgan fingerprint density at radius 2 is 1.00 bits per heavy atom. The first-order chi connectivity index (χ1) is 28.3. The van der Waals surface area contributed by atoms with Gasteiger partial charge in [0.1, 0.15) is 11.2 Å². The van der Waals surface area contributed by atoms with Gasteiger partial charge in [0.15, 0.2) is 0 Å². The average Bonchev–Trinajstić information content (AvgIpc) is 3.84. The maximum atomic E-state index is 7.16. The summed E-state index contributed by atoms with van der Waals surface area (Å²) in [7, 11) is 0. The standard InChI is InChI=1S/C54H34N2O/c1-3-16-38(17-4-1)55(40-30-28-37-27-26-35-14-7-9-20-41(35)46(37)34-40)49-32-31-44(54-53(49)52-42-21-10-8-15-36(42)29-33-50(52)57-54)43-23-13-25-48-51(43)45-22-11-12-24-47(45)56(48)39-18-5-2-6-19-39/h1-34H. The SMILES string of the molecule is c1ccc(N(c2ccc3ccc4ccccc4c3c2)c2ccc(-c3cccc4c3c3ccccc3n4-c3ccccc3)c3oc4ccc5ccccc5c4c23)cc1. The van der Waals surface area contributed by atoms with Crippen molar-refractivity contribution in [1.29, 1.82) is 0 Å². The zero-order valence-corrected chi connectivity index (χ0v) is 30.9. The van der Waals surface area contributed by atoms with Crippen molar-refractivity contribution < 1.29 is 4.42 Å². The number of furan rings is 1. The Morgan fingerprint density at radius 3 is 1.82 bits per heavy atom. The second kappa shape index (κ2) is 12.5. The lowest BCUT2D eigenvalue weighted by Gasteiger charge is -2.27. The zero-order chi connectivity index (χ0) is 37.5. The molecule has 12 rings (SSSR count). The number of hydrogen-bond donors (Lipinski definition) is 0. The summed E-state index contributed by atoms with van der Waals surface area (Å²) in [4.78, 5) is 2.41. The predicted octanol–water partition coefficient (Wildman–Crippen LogP) is 15.3. The van der Waals surface area contributed by atoms with Crippen molar-refractivity contribution in [3.63, 3.8) is 0 Å². The van der Waals surface area contributed by atoms with Crippen LogP contribution in [0, 0.1) is 0 Å². The van der Waals surface area contributed by atoms with Crippen molar-refractivity contribution in [2.24, 2.45) is 0 Å². The molecule has 0 atom stereocenters. The van der Waals surface area contributed by atoms with Crippen LogP contribution in [-0.4, -0.2) is 4.57 Å². The van der Waals surface area contributed by atoms with Crippen LogP contribution < -0.4 is 4.90 Å². The zero-order valence-electron chi connectivity index (χ0n) is 30.9. The van der Waals surface area contributed by atoms with Gasteiger partial charge in [-0.1, -0.05) is 140 Å². The molecule has 0 radical (unpaired) electrons. The molecule has 3 nitrogen and oxygen atoms in total. The quantitative estimate of drug-likeness (QED) is 0.165. The van der Waals surface area contributed by atoms with Crippen molar-refractivity contribution in [3.8, 4) is 16.8 Å². The fraction of sp³-hybridized carbons (Fsp3) is 0. The molecule has 2 aromatic heterocycles. The number of fused-ring (bicyclic) bond motifs is 11. The number of aromatic nitrogens is 1. The largest absolute Gasteiger partial charge is 0.455 e. The maximum Gasteiger partial charge on any atom is 0.145 e. The summed E-state index contributed by atoms with van der Waals surface area (Å²) in [6.45, 7) is 0. The van der Waals surface area contributed by atoms with Crippen LogP contribution in [0.4, 0.5) is 17.1 Å². The molecule has 57 heavy (non-hydrogen) atoms. The first kappa shape index (κ1) is 31.7. The Balaban J connectivity index is 1.20. The van der Waals surface area contributed by atoms with E-state index in [0.717, 1.165) is 61.3 Å². The van der Waals surface area contributed by atoms with Gasteiger partial charge >= 0.3 is 0 Å². The van der Waals surface area contributed by atoms with Crippen molar-refractivity contribution in [1.82, 2.24) is 4.57 Å². The lowest BCUT2D eigenvalue weighted by atomic mass is 9.95. The van der Waals surface area contributed by atoms with Gasteiger partial charge in [-0.05, 0) is 105 Å². The first-order valence-corrected chi connectivity index (χ1v) is 19.5. The van der Waals surface area contributed by atoms with Crippen molar-refractivity contribution in [3.05, 3.63) is 206 Å². The first-order valence-electron chi connectivity index (χ1n) is 19.5. The summed E-state index contributed by atoms with van der Waals surface area (Å²) < 4.78 is 9.54. The third-order valence-electron chi connectivity index (χ3n) is 11.7. The molecule has 0 aliphatic carbocycles. The van der Waals surface area contributed by atoms with Crippen molar-refractivity contribution in [2.75, 3.05) is 4.90 Å². The molecule has 0 bridgehead atoms. The number of rotatable bonds is 5. The van der Waals surface area contributed by atoms with Crippen LogP contribution in [-0.2, 0) is 0 Å². The molecule has 0 amide bonds. The minimum absolute atomic E-state index is 0.869. The van der Waals surface area contributed by atoms with E-state index in [1.165, 1.54) is 48.6 Å². The van der Waals surface area contributed by atoms with Gasteiger partial charge < -0.3 is 13.9 Å². The van der Waals surface area contributed by atoms with Crippen LogP contribution in [0.1, 0.15) is 0 Å². The van der Waals surface area contributed by atoms with Gasteiger partial charge in [0.25, 0.3) is 0 Å². The van der Waals surface area contributed by atoms with Gasteiger partial charge in [0, 0.05) is 38.8 Å². The highest BCUT2D eigenvalue weighted by atomic mass is 16.3. The summed E-state index contributed by atoms with van der Waals surface area (Å²) in [6.07, 6.45) is 0. The highest BCUT2D eigenvalue weighted by Crippen LogP contribution is 2.50. The third-order valence-corrected chi connectivity index (χ3v) is 11.7. The summed E-state index contributed by atoms with van der Waals surface area (Å²) in [5, 5.41) is 11.9. The van der Waals surface area contributed by atoms with E-state index >= 15 is 0 Å². The summed E-state index contributed by atoms with van der Waals surface area (Å²) in [6, 6.07) is 74.4. The van der Waals surface area contributed by atoms with Gasteiger partial charge in [-0.3, -0.25) is 0 Å². The van der Waals surface area contributed by atoms with Gasteiger partial charge in [-0.25, -0.2) is 0 Å². The van der Waals surface area contributed by atoms with Crippen LogP contribution in [0.2, 0.25) is 0 Å². The van der Waals surface area contributed by atoms with E-state index < -0.39 is 0 Å². The van der Waals surface area contributed by atoms with Crippen LogP contribution in [0.25, 0.3) is 92.9 Å². The molecule has 0 spiro atoms. The van der Waals surface area contributed by atoms with Crippen molar-refractivity contribution in [2.45, 2.75) is 0 Å². The van der Waals surface area contributed by atoms with Crippen LogP contribution >= 0.6 is 0 Å². The maximum absolute atomic E-state index is 7.16. The Morgan fingerprint density at radius 1 is 0.368 bits per heavy atom. The summed E-state index contributed by atoms with van der Waals surface area (Å²) in [5.41, 5.74) is 10.6. The van der Waals surface area contributed by atoms with E-state index in [9.17, 15) is 0 Å². The molecule has 2 heterocycles. The molecule has 0 N–H and O–H groups in total. The molecule has 266 valence electrons. The molecule has 10 aromatic carbocycles. The number of para-hydroxylation sites is 3. The van der Waals surface area contributed by atoms with E-state index in [1.807, 2.05) is 0 Å². The highest BCUT2D eigenvalue weighted by Gasteiger charge is 2.25. The van der Waals surface area contributed by atoms with Gasteiger partial charge in [0.05, 0.1) is 22.1 Å². The van der Waals surface area contributed by atoms with Crippen LogP contribution in [0.3, 0.4) is 0 Å². The molecule has 0 aliphatic rings. The molecule has 12 aromatic rings. The Kier molecular flexibility index (Phi) is 6.93. The monoisotopic (exact) mass is 726 g/mol. The number of hydrogen-bond acceptors (Lipinski definition) is 2. The molecule has 0 unspecified atom stereocenters. The topological polar surface area (TPSA) is 21.3 Å². The van der Waals surface area contributed by atoms with E-state index in [-0.39, 0.29) is 0 Å². The second-order valence-corrected chi connectivity index (χ2v) is 14.8. The molecule has 0 aliphatic heterocycles. The van der Waals surface area contributed by atoms with E-state index in [0.29, 0.717) is 0 Å². The molecule has 0 saturated heterocycles. The van der Waals surface area contributed by atoms with Crippen molar-refractivity contribution >= 4 is 93.1 Å². The van der Waals surface area contributed by atoms with Crippen LogP contribution in [0.15, 0.2) is 211 Å². The minimum atomic E-state index is 0.869. The summed E-state index contributed by atoms with van der Waals surface area (Å²) in [5.74, 6) is 0. The van der Waals surface area contributed by atoms with E-state index in [1.54, 1.807) is 0 Å². The number of nitrogens with zero attached hydrogens (tertiary/aromatic N) is 2. The fourth-order valence-corrected chi connectivity index (χ4v) is 9.26. The molecule has 3 heteroatoms. The molecular weight excluding hydrogens is 693 g/mol. The lowest BCUT2D eigenvalue weighted by Crippen LogP contribution is -2.10.